The molecule has 2 rings (SSSR count). The van der Waals surface area contributed by atoms with E-state index in [1.54, 1.807) is 43.5 Å². The van der Waals surface area contributed by atoms with Crippen LogP contribution in [0.1, 0.15) is 18.6 Å². The van der Waals surface area contributed by atoms with Gasteiger partial charge in [-0.1, -0.05) is 23.2 Å². The fourth-order valence-corrected chi connectivity index (χ4v) is 1.86. The summed E-state index contributed by atoms with van der Waals surface area (Å²) in [5.74, 6) is 0.842. The predicted octanol–water partition coefficient (Wildman–Crippen LogP) is 4.23. The number of pyridine rings is 1. The van der Waals surface area contributed by atoms with Crippen molar-refractivity contribution in [3.8, 4) is 11.6 Å². The zero-order valence-electron chi connectivity index (χ0n) is 9.60. The molecule has 1 aromatic carbocycles. The van der Waals surface area contributed by atoms with Gasteiger partial charge in [0.15, 0.2) is 0 Å². The number of nitrogens with zero attached hydrogens (tertiary/aromatic N) is 1. The molecule has 18 heavy (non-hydrogen) atoms. The first-order valence-electron chi connectivity index (χ1n) is 5.33. The standard InChI is InChI=1S/C13H11Cl2NO2/c1-8(17)9-4-5-16-13(6-9)18-12-3-2-10(14)7-11(12)15/h2-8,17H,1H3/t8-/m0/s1. The quantitative estimate of drug-likeness (QED) is 0.916. The van der Waals surface area contributed by atoms with Gasteiger partial charge in [0.05, 0.1) is 11.1 Å². The van der Waals surface area contributed by atoms with Crippen molar-refractivity contribution in [2.75, 3.05) is 0 Å². The molecule has 1 atom stereocenters. The van der Waals surface area contributed by atoms with Gasteiger partial charge < -0.3 is 9.84 Å². The second-order valence-corrected chi connectivity index (χ2v) is 4.62. The Morgan fingerprint density at radius 3 is 2.67 bits per heavy atom. The van der Waals surface area contributed by atoms with Crippen molar-refractivity contribution in [3.63, 3.8) is 0 Å². The number of halogens is 2. The molecule has 0 aliphatic rings. The number of aliphatic hydroxyl groups is 1. The number of hydrogen-bond donors (Lipinski definition) is 1. The van der Waals surface area contributed by atoms with E-state index in [-0.39, 0.29) is 0 Å². The smallest absolute Gasteiger partial charge is 0.219 e. The average molecular weight is 284 g/mol. The summed E-state index contributed by atoms with van der Waals surface area (Å²) < 4.78 is 5.54. The molecule has 0 bridgehead atoms. The lowest BCUT2D eigenvalue weighted by Crippen LogP contribution is -1.94. The molecule has 0 spiro atoms. The molecule has 0 saturated heterocycles. The van der Waals surface area contributed by atoms with E-state index in [1.165, 1.54) is 0 Å². The molecule has 0 fully saturated rings. The van der Waals surface area contributed by atoms with E-state index in [2.05, 4.69) is 4.98 Å². The van der Waals surface area contributed by atoms with Crippen molar-refractivity contribution in [1.82, 2.24) is 4.98 Å². The molecule has 0 aliphatic carbocycles. The number of ether oxygens (including phenoxy) is 1. The summed E-state index contributed by atoms with van der Waals surface area (Å²) >= 11 is 11.8. The predicted molar refractivity (Wildman–Crippen MR) is 71.4 cm³/mol. The molecule has 1 N–H and O–H groups in total. The Balaban J connectivity index is 2.25. The minimum atomic E-state index is -0.573. The highest BCUT2D eigenvalue weighted by Gasteiger charge is 2.07. The molecule has 0 unspecified atom stereocenters. The fraction of sp³-hybridized carbons (Fsp3) is 0.154. The van der Waals surface area contributed by atoms with Crippen molar-refractivity contribution >= 4 is 23.2 Å². The maximum atomic E-state index is 9.48. The number of aliphatic hydroxyl groups excluding tert-OH is 1. The van der Waals surface area contributed by atoms with Gasteiger partial charge in [0.25, 0.3) is 0 Å². The number of aromatic nitrogens is 1. The van der Waals surface area contributed by atoms with E-state index in [1.807, 2.05) is 0 Å². The van der Waals surface area contributed by atoms with E-state index in [0.29, 0.717) is 21.7 Å². The normalized spacial score (nSPS) is 12.2. The van der Waals surface area contributed by atoms with Gasteiger partial charge in [-0.05, 0) is 36.8 Å². The molecule has 0 amide bonds. The zero-order valence-corrected chi connectivity index (χ0v) is 11.1. The summed E-state index contributed by atoms with van der Waals surface area (Å²) in [6.45, 7) is 1.67. The Morgan fingerprint density at radius 2 is 2.00 bits per heavy atom. The largest absolute Gasteiger partial charge is 0.437 e. The highest BCUT2D eigenvalue weighted by Crippen LogP contribution is 2.31. The zero-order chi connectivity index (χ0) is 13.1. The summed E-state index contributed by atoms with van der Waals surface area (Å²) in [5, 5.41) is 10.4. The van der Waals surface area contributed by atoms with E-state index in [0.717, 1.165) is 5.56 Å². The van der Waals surface area contributed by atoms with Crippen LogP contribution >= 0.6 is 23.2 Å². The van der Waals surface area contributed by atoms with E-state index >= 15 is 0 Å². The summed E-state index contributed by atoms with van der Waals surface area (Å²) in [7, 11) is 0. The maximum absolute atomic E-state index is 9.48. The molecule has 3 nitrogen and oxygen atoms in total. The van der Waals surface area contributed by atoms with Gasteiger partial charge in [0.1, 0.15) is 5.75 Å². The molecule has 0 saturated carbocycles. The topological polar surface area (TPSA) is 42.4 Å². The van der Waals surface area contributed by atoms with Crippen LogP contribution in [0.2, 0.25) is 10.0 Å². The van der Waals surface area contributed by atoms with Crippen LogP contribution in [0, 0.1) is 0 Å². The Morgan fingerprint density at radius 1 is 1.22 bits per heavy atom. The number of hydrogen-bond acceptors (Lipinski definition) is 3. The third kappa shape index (κ3) is 3.13. The van der Waals surface area contributed by atoms with Crippen LogP contribution in [0.15, 0.2) is 36.5 Å². The molecular weight excluding hydrogens is 273 g/mol. The molecule has 2 aromatic rings. The van der Waals surface area contributed by atoms with Crippen molar-refractivity contribution < 1.29 is 9.84 Å². The molecule has 0 radical (unpaired) electrons. The lowest BCUT2D eigenvalue weighted by molar-refractivity contribution is 0.198. The van der Waals surface area contributed by atoms with Crippen molar-refractivity contribution in [1.29, 1.82) is 0 Å². The first-order chi connectivity index (χ1) is 8.56. The van der Waals surface area contributed by atoms with Crippen LogP contribution in [0.3, 0.4) is 0 Å². The Kier molecular flexibility index (Phi) is 4.07. The molecule has 1 aromatic heterocycles. The van der Waals surface area contributed by atoms with E-state index < -0.39 is 6.10 Å². The van der Waals surface area contributed by atoms with Crippen LogP contribution in [0.5, 0.6) is 11.6 Å². The van der Waals surface area contributed by atoms with Gasteiger partial charge >= 0.3 is 0 Å². The van der Waals surface area contributed by atoms with Crippen LogP contribution < -0.4 is 4.74 Å². The lowest BCUT2D eigenvalue weighted by atomic mass is 10.2. The highest BCUT2D eigenvalue weighted by atomic mass is 35.5. The Labute approximate surface area is 115 Å². The minimum Gasteiger partial charge on any atom is -0.437 e. The summed E-state index contributed by atoms with van der Waals surface area (Å²) in [6, 6.07) is 8.33. The van der Waals surface area contributed by atoms with Gasteiger partial charge in [-0.25, -0.2) is 4.98 Å². The third-order valence-electron chi connectivity index (χ3n) is 2.35. The third-order valence-corrected chi connectivity index (χ3v) is 2.88. The molecule has 1 heterocycles. The van der Waals surface area contributed by atoms with Crippen LogP contribution in [0.4, 0.5) is 0 Å². The van der Waals surface area contributed by atoms with Crippen molar-refractivity contribution in [3.05, 3.63) is 52.1 Å². The van der Waals surface area contributed by atoms with Crippen LogP contribution in [-0.2, 0) is 0 Å². The minimum absolute atomic E-state index is 0.373. The fourth-order valence-electron chi connectivity index (χ4n) is 1.41. The molecule has 94 valence electrons. The van der Waals surface area contributed by atoms with E-state index in [9.17, 15) is 5.11 Å². The second kappa shape index (κ2) is 5.57. The summed E-state index contributed by atoms with van der Waals surface area (Å²) in [4.78, 5) is 4.06. The monoisotopic (exact) mass is 283 g/mol. The van der Waals surface area contributed by atoms with Crippen LogP contribution in [-0.4, -0.2) is 10.1 Å². The molecule has 0 aliphatic heterocycles. The SMILES string of the molecule is C[C@H](O)c1ccnc(Oc2ccc(Cl)cc2Cl)c1. The van der Waals surface area contributed by atoms with Crippen molar-refractivity contribution in [2.24, 2.45) is 0 Å². The van der Waals surface area contributed by atoms with Gasteiger partial charge in [-0.3, -0.25) is 0 Å². The maximum Gasteiger partial charge on any atom is 0.219 e. The number of rotatable bonds is 3. The number of benzene rings is 1. The van der Waals surface area contributed by atoms with Gasteiger partial charge in [-0.2, -0.15) is 0 Å². The second-order valence-electron chi connectivity index (χ2n) is 3.78. The Bertz CT molecular complexity index is 558. The highest BCUT2D eigenvalue weighted by molar-refractivity contribution is 6.35. The summed E-state index contributed by atoms with van der Waals surface area (Å²) in [5.41, 5.74) is 0.727. The van der Waals surface area contributed by atoms with Crippen LogP contribution in [0.25, 0.3) is 0 Å². The Hall–Kier alpha value is -1.29. The summed E-state index contributed by atoms with van der Waals surface area (Å²) in [6.07, 6.45) is 0.998. The molecule has 5 heteroatoms. The van der Waals surface area contributed by atoms with Gasteiger partial charge in [-0.15, -0.1) is 0 Å². The van der Waals surface area contributed by atoms with E-state index in [4.69, 9.17) is 27.9 Å². The molecular formula is C13H11Cl2NO2. The first-order valence-corrected chi connectivity index (χ1v) is 6.09. The van der Waals surface area contributed by atoms with Crippen molar-refractivity contribution in [2.45, 2.75) is 13.0 Å². The average Bonchev–Trinajstić information content (AvgIpc) is 2.33. The lowest BCUT2D eigenvalue weighted by Gasteiger charge is -2.09. The van der Waals surface area contributed by atoms with Gasteiger partial charge in [0, 0.05) is 17.3 Å². The first kappa shape index (κ1) is 13.1. The van der Waals surface area contributed by atoms with Gasteiger partial charge in [0.2, 0.25) is 5.88 Å².